The third-order valence-electron chi connectivity index (χ3n) is 4.03. The number of morpholine rings is 1. The summed E-state index contributed by atoms with van der Waals surface area (Å²) in [5.74, 6) is 0. The smallest absolute Gasteiger partial charge is 0.0913 e. The van der Waals surface area contributed by atoms with Crippen LogP contribution < -0.4 is 4.90 Å². The molecule has 1 aliphatic heterocycles. The number of hydrogen-bond donors (Lipinski definition) is 0. The number of thiophene rings is 1. The molecule has 4 rings (SSSR count). The highest BCUT2D eigenvalue weighted by Crippen LogP contribution is 2.28. The minimum atomic E-state index is 0.832. The number of ether oxygens (including phenoxy) is 1. The zero-order valence-electron chi connectivity index (χ0n) is 12.9. The second kappa shape index (κ2) is 6.56. The van der Waals surface area contributed by atoms with Crippen molar-refractivity contribution < 1.29 is 4.74 Å². The van der Waals surface area contributed by atoms with Gasteiger partial charge in [0.1, 0.15) is 0 Å². The fourth-order valence-corrected chi connectivity index (χ4v) is 3.94. The fraction of sp³-hybridized carbons (Fsp3) is 0.278. The molecule has 0 N–H and O–H groups in total. The van der Waals surface area contributed by atoms with E-state index in [9.17, 15) is 0 Å². The third kappa shape index (κ3) is 3.30. The number of aromatic nitrogens is 2. The molecule has 23 heavy (non-hydrogen) atoms. The van der Waals surface area contributed by atoms with Gasteiger partial charge >= 0.3 is 0 Å². The Balaban J connectivity index is 1.50. The molecule has 0 atom stereocenters. The van der Waals surface area contributed by atoms with Gasteiger partial charge in [0.25, 0.3) is 0 Å². The van der Waals surface area contributed by atoms with Gasteiger partial charge in [-0.05, 0) is 35.9 Å². The first-order chi connectivity index (χ1) is 11.4. The molecule has 1 saturated heterocycles. The van der Waals surface area contributed by atoms with Gasteiger partial charge in [0.05, 0.1) is 23.9 Å². The van der Waals surface area contributed by atoms with Crippen molar-refractivity contribution in [3.63, 3.8) is 0 Å². The van der Waals surface area contributed by atoms with E-state index in [1.54, 1.807) is 6.20 Å². The van der Waals surface area contributed by atoms with Crippen LogP contribution in [0.25, 0.3) is 5.69 Å². The van der Waals surface area contributed by atoms with Crippen LogP contribution in [0.5, 0.6) is 0 Å². The van der Waals surface area contributed by atoms with Crippen molar-refractivity contribution in [1.29, 1.82) is 0 Å². The van der Waals surface area contributed by atoms with Gasteiger partial charge in [-0.25, -0.2) is 4.68 Å². The topological polar surface area (TPSA) is 30.3 Å². The summed E-state index contributed by atoms with van der Waals surface area (Å²) in [6.07, 6.45) is 4.74. The second-order valence-corrected chi connectivity index (χ2v) is 6.78. The van der Waals surface area contributed by atoms with E-state index in [1.165, 1.54) is 15.4 Å². The Bertz CT molecular complexity index is 760. The average molecular weight is 325 g/mol. The molecule has 118 valence electrons. The zero-order chi connectivity index (χ0) is 15.5. The predicted molar refractivity (Wildman–Crippen MR) is 93.7 cm³/mol. The first kappa shape index (κ1) is 14.5. The van der Waals surface area contributed by atoms with Crippen LogP contribution in [-0.4, -0.2) is 36.1 Å². The maximum absolute atomic E-state index is 5.43. The molecule has 3 heterocycles. The Morgan fingerprint density at radius 1 is 1.09 bits per heavy atom. The third-order valence-corrected chi connectivity index (χ3v) is 5.17. The summed E-state index contributed by atoms with van der Waals surface area (Å²) in [6.45, 7) is 3.65. The molecule has 0 amide bonds. The van der Waals surface area contributed by atoms with Crippen molar-refractivity contribution in [2.45, 2.75) is 6.42 Å². The van der Waals surface area contributed by atoms with Gasteiger partial charge in [0.15, 0.2) is 0 Å². The van der Waals surface area contributed by atoms with E-state index in [0.29, 0.717) is 0 Å². The summed E-state index contributed by atoms with van der Waals surface area (Å²) in [7, 11) is 0. The highest BCUT2D eigenvalue weighted by Gasteiger charge is 2.13. The van der Waals surface area contributed by atoms with Crippen molar-refractivity contribution in [1.82, 2.24) is 9.78 Å². The number of hydrogen-bond acceptors (Lipinski definition) is 4. The molecule has 0 saturated carbocycles. The summed E-state index contributed by atoms with van der Waals surface area (Å²) in [6, 6.07) is 15.0. The van der Waals surface area contributed by atoms with Crippen LogP contribution in [0.15, 0.2) is 54.9 Å². The molecule has 0 aliphatic carbocycles. The van der Waals surface area contributed by atoms with E-state index in [4.69, 9.17) is 4.74 Å². The van der Waals surface area contributed by atoms with Crippen LogP contribution >= 0.6 is 11.3 Å². The van der Waals surface area contributed by atoms with Gasteiger partial charge in [0, 0.05) is 36.8 Å². The predicted octanol–water partition coefficient (Wildman–Crippen LogP) is 3.36. The van der Waals surface area contributed by atoms with Crippen molar-refractivity contribution in [2.75, 3.05) is 31.2 Å². The van der Waals surface area contributed by atoms with Gasteiger partial charge < -0.3 is 9.64 Å². The highest BCUT2D eigenvalue weighted by atomic mass is 32.1. The molecular weight excluding hydrogens is 306 g/mol. The van der Waals surface area contributed by atoms with Gasteiger partial charge in [-0.3, -0.25) is 0 Å². The Morgan fingerprint density at radius 3 is 2.83 bits per heavy atom. The molecule has 1 aromatic carbocycles. The van der Waals surface area contributed by atoms with E-state index in [0.717, 1.165) is 38.4 Å². The van der Waals surface area contributed by atoms with Crippen LogP contribution in [0.3, 0.4) is 0 Å². The first-order valence-corrected chi connectivity index (χ1v) is 8.70. The van der Waals surface area contributed by atoms with Crippen LogP contribution in [0, 0.1) is 0 Å². The van der Waals surface area contributed by atoms with Crippen LogP contribution in [-0.2, 0) is 11.2 Å². The largest absolute Gasteiger partial charge is 0.378 e. The quantitative estimate of drug-likeness (QED) is 0.737. The lowest BCUT2D eigenvalue weighted by atomic mass is 10.1. The standard InChI is InChI=1S/C18H19N3OS/c1-3-15(13-16(4-1)21-8-2-7-19-21)14-17-5-6-18(23-17)20-9-11-22-12-10-20/h1-8,13H,9-12,14H2. The molecular formula is C18H19N3OS. The maximum Gasteiger partial charge on any atom is 0.0913 e. The van der Waals surface area contributed by atoms with Crippen molar-refractivity contribution in [2.24, 2.45) is 0 Å². The summed E-state index contributed by atoms with van der Waals surface area (Å²) >= 11 is 1.89. The lowest BCUT2D eigenvalue weighted by Crippen LogP contribution is -2.35. The van der Waals surface area contributed by atoms with Crippen LogP contribution in [0.4, 0.5) is 5.00 Å². The maximum atomic E-state index is 5.43. The van der Waals surface area contributed by atoms with Gasteiger partial charge in [-0.15, -0.1) is 11.3 Å². The average Bonchev–Trinajstić information content (AvgIpc) is 3.28. The van der Waals surface area contributed by atoms with Gasteiger partial charge in [-0.2, -0.15) is 5.10 Å². The second-order valence-electron chi connectivity index (χ2n) is 5.64. The van der Waals surface area contributed by atoms with Gasteiger partial charge in [-0.1, -0.05) is 12.1 Å². The Morgan fingerprint density at radius 2 is 2.00 bits per heavy atom. The normalized spacial score (nSPS) is 15.0. The van der Waals surface area contributed by atoms with E-state index < -0.39 is 0 Å². The van der Waals surface area contributed by atoms with E-state index >= 15 is 0 Å². The van der Waals surface area contributed by atoms with E-state index in [-0.39, 0.29) is 0 Å². The summed E-state index contributed by atoms with van der Waals surface area (Å²) in [4.78, 5) is 3.81. The molecule has 1 fully saturated rings. The molecule has 0 bridgehead atoms. The summed E-state index contributed by atoms with van der Waals surface area (Å²) in [5, 5.41) is 5.65. The van der Waals surface area contributed by atoms with Crippen molar-refractivity contribution >= 4 is 16.3 Å². The number of nitrogens with zero attached hydrogens (tertiary/aromatic N) is 3. The molecule has 3 aromatic rings. The molecule has 0 radical (unpaired) electrons. The van der Waals surface area contributed by atoms with Gasteiger partial charge in [0.2, 0.25) is 0 Å². The number of rotatable bonds is 4. The molecule has 2 aromatic heterocycles. The first-order valence-electron chi connectivity index (χ1n) is 7.89. The number of benzene rings is 1. The molecule has 0 spiro atoms. The molecule has 0 unspecified atom stereocenters. The van der Waals surface area contributed by atoms with Crippen molar-refractivity contribution in [3.05, 3.63) is 65.3 Å². The minimum Gasteiger partial charge on any atom is -0.378 e. The van der Waals surface area contributed by atoms with Crippen LogP contribution in [0.1, 0.15) is 10.4 Å². The highest BCUT2D eigenvalue weighted by molar-refractivity contribution is 7.16. The van der Waals surface area contributed by atoms with E-state index in [2.05, 4.69) is 46.4 Å². The Hall–Kier alpha value is -2.11. The van der Waals surface area contributed by atoms with Crippen LogP contribution in [0.2, 0.25) is 0 Å². The monoisotopic (exact) mass is 325 g/mol. The molecule has 1 aliphatic rings. The lowest BCUT2D eigenvalue weighted by Gasteiger charge is -2.27. The Kier molecular flexibility index (Phi) is 4.13. The number of anilines is 1. The lowest BCUT2D eigenvalue weighted by molar-refractivity contribution is 0.123. The molecule has 5 heteroatoms. The Labute approximate surface area is 139 Å². The summed E-state index contributed by atoms with van der Waals surface area (Å²) in [5.41, 5.74) is 2.42. The fourth-order valence-electron chi connectivity index (χ4n) is 2.85. The van der Waals surface area contributed by atoms with Crippen molar-refractivity contribution in [3.8, 4) is 5.69 Å². The zero-order valence-corrected chi connectivity index (χ0v) is 13.7. The summed E-state index contributed by atoms with van der Waals surface area (Å²) < 4.78 is 7.33. The minimum absolute atomic E-state index is 0.832. The SMILES string of the molecule is c1cc(Cc2ccc(N3CCOCC3)s2)cc(-n2cccn2)c1. The molecule has 4 nitrogen and oxygen atoms in total. The van der Waals surface area contributed by atoms with E-state index in [1.807, 2.05) is 28.3 Å².